The van der Waals surface area contributed by atoms with Crippen LogP contribution in [0, 0.1) is 12.8 Å². The van der Waals surface area contributed by atoms with E-state index in [1.54, 1.807) is 0 Å². The van der Waals surface area contributed by atoms with Gasteiger partial charge in [0, 0.05) is 16.8 Å². The van der Waals surface area contributed by atoms with Crippen molar-refractivity contribution in [1.29, 1.82) is 0 Å². The Bertz CT molecular complexity index is 604. The number of hydrogen-bond acceptors (Lipinski definition) is 4. The highest BCUT2D eigenvalue weighted by molar-refractivity contribution is 9.10. The van der Waals surface area contributed by atoms with Crippen LogP contribution in [0.2, 0.25) is 0 Å². The van der Waals surface area contributed by atoms with Crippen LogP contribution < -0.4 is 11.3 Å². The number of nitrogens with two attached hydrogens (primary N) is 1. The third-order valence-corrected chi connectivity index (χ3v) is 6.99. The fourth-order valence-corrected chi connectivity index (χ4v) is 4.68. The average molecular weight is 375 g/mol. The molecule has 0 saturated heterocycles. The summed E-state index contributed by atoms with van der Waals surface area (Å²) >= 11 is 3.50. The molecule has 1 fully saturated rings. The van der Waals surface area contributed by atoms with Gasteiger partial charge in [0.1, 0.15) is 9.84 Å². The summed E-state index contributed by atoms with van der Waals surface area (Å²) < 4.78 is 24.7. The minimum absolute atomic E-state index is 0.00125. The summed E-state index contributed by atoms with van der Waals surface area (Å²) in [6.45, 7) is 2.04. The number of hydrazine groups is 1. The molecule has 1 aliphatic carbocycles. The highest BCUT2D eigenvalue weighted by Crippen LogP contribution is 2.37. The number of aryl methyl sites for hydroxylation is 1. The van der Waals surface area contributed by atoms with Gasteiger partial charge in [-0.15, -0.1) is 0 Å². The number of sulfone groups is 1. The van der Waals surface area contributed by atoms with Crippen LogP contribution in [0.25, 0.3) is 0 Å². The van der Waals surface area contributed by atoms with E-state index in [4.69, 9.17) is 5.84 Å². The highest BCUT2D eigenvalue weighted by atomic mass is 79.9. The summed E-state index contributed by atoms with van der Waals surface area (Å²) in [7, 11) is -2.97. The Hall–Kier alpha value is -0.430. The maximum atomic E-state index is 11.8. The van der Waals surface area contributed by atoms with Crippen LogP contribution in [0.15, 0.2) is 22.7 Å². The van der Waals surface area contributed by atoms with Crippen LogP contribution in [0.4, 0.5) is 0 Å². The van der Waals surface area contributed by atoms with Crippen molar-refractivity contribution < 1.29 is 8.42 Å². The molecule has 118 valence electrons. The lowest BCUT2D eigenvalue weighted by atomic mass is 9.81. The molecule has 0 aliphatic heterocycles. The molecule has 0 amide bonds. The van der Waals surface area contributed by atoms with Gasteiger partial charge in [-0.1, -0.05) is 34.5 Å². The number of halogens is 1. The normalized spacial score (nSPS) is 24.8. The molecule has 6 heteroatoms. The number of hydrogen-bond donors (Lipinski definition) is 2. The van der Waals surface area contributed by atoms with Gasteiger partial charge >= 0.3 is 0 Å². The van der Waals surface area contributed by atoms with Crippen molar-refractivity contribution in [2.24, 2.45) is 11.8 Å². The first-order valence-corrected chi connectivity index (χ1v) is 9.98. The fourth-order valence-electron chi connectivity index (χ4n) is 3.24. The fraction of sp³-hybridized carbons (Fsp3) is 0.600. The minimum Gasteiger partial charge on any atom is -0.271 e. The molecular formula is C15H23BrN2O2S. The Morgan fingerprint density at radius 3 is 2.67 bits per heavy atom. The average Bonchev–Trinajstić information content (AvgIpc) is 2.43. The monoisotopic (exact) mass is 374 g/mol. The highest BCUT2D eigenvalue weighted by Gasteiger charge is 2.33. The van der Waals surface area contributed by atoms with Crippen molar-refractivity contribution in [3.8, 4) is 0 Å². The Kier molecular flexibility index (Phi) is 5.46. The second-order valence-corrected chi connectivity index (χ2v) is 9.21. The van der Waals surface area contributed by atoms with Crippen LogP contribution in [0.1, 0.15) is 42.9 Å². The summed E-state index contributed by atoms with van der Waals surface area (Å²) in [5.41, 5.74) is 5.17. The molecule has 0 heterocycles. The van der Waals surface area contributed by atoms with Crippen molar-refractivity contribution in [3.63, 3.8) is 0 Å². The topological polar surface area (TPSA) is 72.2 Å². The van der Waals surface area contributed by atoms with E-state index in [2.05, 4.69) is 27.4 Å². The van der Waals surface area contributed by atoms with E-state index in [1.165, 1.54) is 6.26 Å². The van der Waals surface area contributed by atoms with E-state index in [1.807, 2.05) is 19.1 Å². The van der Waals surface area contributed by atoms with Crippen molar-refractivity contribution in [2.45, 2.75) is 43.9 Å². The van der Waals surface area contributed by atoms with Gasteiger partial charge in [0.15, 0.2) is 0 Å². The largest absolute Gasteiger partial charge is 0.271 e. The molecule has 1 saturated carbocycles. The third kappa shape index (κ3) is 4.06. The minimum atomic E-state index is -2.97. The maximum Gasteiger partial charge on any atom is 0.150 e. The van der Waals surface area contributed by atoms with E-state index in [9.17, 15) is 8.42 Å². The Balaban J connectivity index is 2.22. The second kappa shape index (κ2) is 6.77. The van der Waals surface area contributed by atoms with Gasteiger partial charge in [0.25, 0.3) is 0 Å². The molecule has 3 atom stereocenters. The molecule has 3 N–H and O–H groups in total. The molecule has 2 rings (SSSR count). The molecule has 3 unspecified atom stereocenters. The summed E-state index contributed by atoms with van der Waals surface area (Å²) in [4.78, 5) is 0. The van der Waals surface area contributed by atoms with E-state index in [-0.39, 0.29) is 17.2 Å². The molecule has 1 aromatic carbocycles. The summed E-state index contributed by atoms with van der Waals surface area (Å²) in [6, 6.07) is 6.18. The van der Waals surface area contributed by atoms with Crippen molar-refractivity contribution in [1.82, 2.24) is 5.43 Å². The number of rotatable bonds is 4. The van der Waals surface area contributed by atoms with Crippen LogP contribution in [-0.2, 0) is 9.84 Å². The van der Waals surface area contributed by atoms with Crippen LogP contribution in [-0.4, -0.2) is 19.9 Å². The first kappa shape index (κ1) is 16.9. The number of nitrogens with one attached hydrogen (secondary N) is 1. The zero-order chi connectivity index (χ0) is 15.6. The quantitative estimate of drug-likeness (QED) is 0.627. The van der Waals surface area contributed by atoms with Gasteiger partial charge in [-0.3, -0.25) is 11.3 Å². The van der Waals surface area contributed by atoms with Crippen LogP contribution >= 0.6 is 15.9 Å². The molecule has 1 aromatic rings. The Labute approximate surface area is 135 Å². The molecular weight excluding hydrogens is 352 g/mol. The molecule has 0 spiro atoms. The number of benzene rings is 1. The van der Waals surface area contributed by atoms with Gasteiger partial charge in [-0.25, -0.2) is 8.42 Å². The van der Waals surface area contributed by atoms with E-state index >= 15 is 0 Å². The van der Waals surface area contributed by atoms with E-state index < -0.39 is 9.84 Å². The zero-order valence-electron chi connectivity index (χ0n) is 12.5. The van der Waals surface area contributed by atoms with E-state index in [0.717, 1.165) is 34.9 Å². The lowest BCUT2D eigenvalue weighted by Gasteiger charge is -2.34. The zero-order valence-corrected chi connectivity index (χ0v) is 14.9. The van der Waals surface area contributed by atoms with E-state index in [0.29, 0.717) is 6.42 Å². The molecule has 0 aromatic heterocycles. The Morgan fingerprint density at radius 2 is 2.10 bits per heavy atom. The van der Waals surface area contributed by atoms with Crippen molar-refractivity contribution in [3.05, 3.63) is 33.8 Å². The van der Waals surface area contributed by atoms with Crippen LogP contribution in [0.3, 0.4) is 0 Å². The molecule has 21 heavy (non-hydrogen) atoms. The summed E-state index contributed by atoms with van der Waals surface area (Å²) in [5, 5.41) is -0.233. The molecule has 0 radical (unpaired) electrons. The molecule has 0 bridgehead atoms. The smallest absolute Gasteiger partial charge is 0.150 e. The second-order valence-electron chi connectivity index (χ2n) is 6.03. The maximum absolute atomic E-state index is 11.8. The predicted octanol–water partition coefficient (Wildman–Crippen LogP) is 2.87. The lowest BCUT2D eigenvalue weighted by molar-refractivity contribution is 0.274. The summed E-state index contributed by atoms with van der Waals surface area (Å²) in [6.07, 6.45) is 4.75. The van der Waals surface area contributed by atoms with Crippen LogP contribution in [0.5, 0.6) is 0 Å². The third-order valence-electron chi connectivity index (χ3n) is 4.46. The standard InChI is InChI=1S/C15H23BrN2O2S/c1-10-8-12(6-7-14(10)16)15(18-17)11-4-3-5-13(9-11)21(2,19)20/h6-8,11,13,15,18H,3-5,9,17H2,1-2H3. The first-order chi connectivity index (χ1) is 9.82. The van der Waals surface area contributed by atoms with Gasteiger partial charge in [0.05, 0.1) is 5.25 Å². The van der Waals surface area contributed by atoms with Gasteiger partial charge in [-0.2, -0.15) is 0 Å². The lowest BCUT2D eigenvalue weighted by Crippen LogP contribution is -2.38. The van der Waals surface area contributed by atoms with Crippen molar-refractivity contribution >= 4 is 25.8 Å². The first-order valence-electron chi connectivity index (χ1n) is 7.24. The molecule has 4 nitrogen and oxygen atoms in total. The predicted molar refractivity (Wildman–Crippen MR) is 89.5 cm³/mol. The van der Waals surface area contributed by atoms with Gasteiger partial charge in [-0.05, 0) is 49.3 Å². The van der Waals surface area contributed by atoms with Crippen molar-refractivity contribution in [2.75, 3.05) is 6.26 Å². The molecule has 1 aliphatic rings. The van der Waals surface area contributed by atoms with Gasteiger partial charge < -0.3 is 0 Å². The SMILES string of the molecule is Cc1cc(C(NN)C2CCCC(S(C)(=O)=O)C2)ccc1Br. The van der Waals surface area contributed by atoms with Gasteiger partial charge in [0.2, 0.25) is 0 Å². The summed E-state index contributed by atoms with van der Waals surface area (Å²) in [5.74, 6) is 6.02. The Morgan fingerprint density at radius 1 is 1.38 bits per heavy atom.